The van der Waals surface area contributed by atoms with E-state index < -0.39 is 35.6 Å². The fourth-order valence-corrected chi connectivity index (χ4v) is 4.06. The smallest absolute Gasteiger partial charge is 0.475 e. The van der Waals surface area contributed by atoms with E-state index in [2.05, 4.69) is 14.9 Å². The van der Waals surface area contributed by atoms with Gasteiger partial charge in [-0.15, -0.1) is 0 Å². The highest BCUT2D eigenvalue weighted by Gasteiger charge is 2.59. The highest BCUT2D eigenvalue weighted by atomic mass is 19.4. The van der Waals surface area contributed by atoms with E-state index in [1.165, 1.54) is 0 Å². The van der Waals surface area contributed by atoms with Gasteiger partial charge in [0.2, 0.25) is 0 Å². The summed E-state index contributed by atoms with van der Waals surface area (Å²) in [5, 5.41) is 14.2. The van der Waals surface area contributed by atoms with E-state index in [0.717, 1.165) is 11.5 Å². The molecular weight excluding hydrogens is 552 g/mol. The number of hydrogen-bond acceptors (Lipinski definition) is 7. The van der Waals surface area contributed by atoms with Gasteiger partial charge in [-0.3, -0.25) is 9.88 Å². The molecule has 0 aliphatic carbocycles. The van der Waals surface area contributed by atoms with Gasteiger partial charge in [-0.1, -0.05) is 0 Å². The number of carboxylic acid groups (broad SMARTS) is 2. The summed E-state index contributed by atoms with van der Waals surface area (Å²) in [5.74, 6) is -5.82. The summed E-state index contributed by atoms with van der Waals surface area (Å²) < 4.78 is 98.8. The van der Waals surface area contributed by atoms with Crippen LogP contribution in [0, 0.1) is 12.3 Å². The van der Waals surface area contributed by atoms with Crippen LogP contribution in [-0.4, -0.2) is 81.5 Å². The number of aryl methyl sites for hydroxylation is 1. The van der Waals surface area contributed by atoms with Crippen molar-refractivity contribution in [3.63, 3.8) is 0 Å². The number of furan rings is 1. The first-order valence-corrected chi connectivity index (χ1v) is 11.1. The van der Waals surface area contributed by atoms with Gasteiger partial charge in [0.25, 0.3) is 5.92 Å². The predicted octanol–water partition coefficient (Wildman–Crippen LogP) is 4.38. The Hall–Kier alpha value is -3.50. The molecule has 4 rings (SSSR count). The van der Waals surface area contributed by atoms with Gasteiger partial charge in [0, 0.05) is 45.0 Å². The lowest BCUT2D eigenvalue weighted by atomic mass is 9.75. The van der Waals surface area contributed by atoms with Gasteiger partial charge in [-0.2, -0.15) is 26.3 Å². The summed E-state index contributed by atoms with van der Waals surface area (Å²) in [5.41, 5.74) is -1.04. The van der Waals surface area contributed by atoms with Crippen LogP contribution in [0.4, 0.5) is 40.9 Å². The van der Waals surface area contributed by atoms with Gasteiger partial charge in [-0.25, -0.2) is 23.4 Å². The lowest BCUT2D eigenvalue weighted by Gasteiger charge is -2.45. The van der Waals surface area contributed by atoms with Crippen molar-refractivity contribution < 1.29 is 59.3 Å². The van der Waals surface area contributed by atoms with E-state index in [1.54, 1.807) is 18.6 Å². The molecule has 2 saturated heterocycles. The Labute approximate surface area is 216 Å². The van der Waals surface area contributed by atoms with Crippen LogP contribution in [0.5, 0.6) is 0 Å². The van der Waals surface area contributed by atoms with Gasteiger partial charge in [0.1, 0.15) is 17.3 Å². The number of aliphatic carboxylic acids is 2. The van der Waals surface area contributed by atoms with Crippen LogP contribution < -0.4 is 4.90 Å². The maximum atomic E-state index is 14.9. The number of alkyl halides is 8. The molecule has 2 aliphatic heterocycles. The molecule has 0 radical (unpaired) electrons. The van der Waals surface area contributed by atoms with Crippen LogP contribution in [-0.2, 0) is 16.1 Å². The third-order valence-electron chi connectivity index (χ3n) is 5.93. The Morgan fingerprint density at radius 1 is 0.974 bits per heavy atom. The maximum absolute atomic E-state index is 14.9. The predicted molar refractivity (Wildman–Crippen MR) is 117 cm³/mol. The average molecular weight is 576 g/mol. The summed E-state index contributed by atoms with van der Waals surface area (Å²) in [6.07, 6.45) is -4.98. The lowest BCUT2D eigenvalue weighted by molar-refractivity contribution is -0.193. The van der Waals surface area contributed by atoms with E-state index in [4.69, 9.17) is 24.2 Å². The number of aromatic nitrogens is 2. The second kappa shape index (κ2) is 12.1. The van der Waals surface area contributed by atoms with E-state index in [-0.39, 0.29) is 6.42 Å². The number of likely N-dealkylation sites (tertiary alicyclic amines) is 1. The quantitative estimate of drug-likeness (QED) is 0.513. The lowest BCUT2D eigenvalue weighted by Crippen LogP contribution is -2.56. The van der Waals surface area contributed by atoms with Gasteiger partial charge in [0.05, 0.1) is 18.2 Å². The monoisotopic (exact) mass is 576 g/mol. The topological polar surface area (TPSA) is 120 Å². The standard InChI is InChI=1S/C18H22F2N4O.2C2HF3O2/c1-14-2-3-15(25-14)11-23-8-5-18(19,20)17(12-23)4-9-24(13-17)16-10-21-6-7-22-16;2*3-2(4,5)1(6)7/h2-3,6-7,10H,4-5,8-9,11-13H2,1H3;2*(H,6,7). The molecule has 39 heavy (non-hydrogen) atoms. The van der Waals surface area contributed by atoms with E-state index in [9.17, 15) is 35.1 Å². The number of halogens is 8. The summed E-state index contributed by atoms with van der Waals surface area (Å²) in [6.45, 7) is 4.13. The molecule has 1 spiro atoms. The minimum Gasteiger partial charge on any atom is -0.475 e. The molecule has 17 heteroatoms. The molecule has 0 aromatic carbocycles. The minimum atomic E-state index is -5.08. The van der Waals surface area contributed by atoms with E-state index >= 15 is 0 Å². The zero-order chi connectivity index (χ0) is 29.6. The van der Waals surface area contributed by atoms with E-state index in [1.807, 2.05) is 24.0 Å². The van der Waals surface area contributed by atoms with Crippen molar-refractivity contribution >= 4 is 17.8 Å². The summed E-state index contributed by atoms with van der Waals surface area (Å²) in [6, 6.07) is 3.84. The number of piperidine rings is 1. The number of carboxylic acids is 2. The third kappa shape index (κ3) is 8.76. The summed E-state index contributed by atoms with van der Waals surface area (Å²) in [4.78, 5) is 30.1. The molecule has 0 bridgehead atoms. The fraction of sp³-hybridized carbons (Fsp3) is 0.545. The number of rotatable bonds is 3. The van der Waals surface area contributed by atoms with E-state index in [0.29, 0.717) is 45.0 Å². The van der Waals surface area contributed by atoms with Gasteiger partial charge < -0.3 is 19.5 Å². The van der Waals surface area contributed by atoms with Crippen LogP contribution in [0.3, 0.4) is 0 Å². The Balaban J connectivity index is 0.000000317. The SMILES string of the molecule is Cc1ccc(CN2CCC(F)(F)C3(CCN(c4cnccn4)C3)C2)o1.O=C(O)C(F)(F)F.O=C(O)C(F)(F)F. The van der Waals surface area contributed by atoms with Gasteiger partial charge >= 0.3 is 24.3 Å². The zero-order valence-corrected chi connectivity index (χ0v) is 20.3. The Kier molecular flexibility index (Phi) is 9.86. The highest BCUT2D eigenvalue weighted by molar-refractivity contribution is 5.73. The fourth-order valence-electron chi connectivity index (χ4n) is 4.06. The molecule has 2 aliphatic rings. The molecule has 0 saturated carbocycles. The van der Waals surface area contributed by atoms with Crippen molar-refractivity contribution in [1.82, 2.24) is 14.9 Å². The average Bonchev–Trinajstić information content (AvgIpc) is 3.44. The maximum Gasteiger partial charge on any atom is 0.490 e. The first-order chi connectivity index (χ1) is 17.9. The number of carbonyl (C=O) groups is 2. The normalized spacial score (nSPS) is 21.0. The van der Waals surface area contributed by atoms with Crippen LogP contribution in [0.2, 0.25) is 0 Å². The van der Waals surface area contributed by atoms with Crippen LogP contribution in [0.25, 0.3) is 0 Å². The van der Waals surface area contributed by atoms with Crippen molar-refractivity contribution in [2.75, 3.05) is 31.1 Å². The van der Waals surface area contributed by atoms with Crippen LogP contribution >= 0.6 is 0 Å². The Bertz CT molecular complexity index is 1090. The van der Waals surface area contributed by atoms with Crippen molar-refractivity contribution in [3.05, 3.63) is 42.2 Å². The first kappa shape index (κ1) is 31.7. The number of hydrogen-bond donors (Lipinski definition) is 2. The first-order valence-electron chi connectivity index (χ1n) is 11.1. The van der Waals surface area contributed by atoms with Crippen molar-refractivity contribution in [2.45, 2.75) is 44.6 Å². The Morgan fingerprint density at radius 2 is 1.56 bits per heavy atom. The summed E-state index contributed by atoms with van der Waals surface area (Å²) >= 11 is 0. The molecule has 4 heterocycles. The molecular formula is C22H24F8N4O5. The molecule has 2 aromatic rings. The molecule has 2 N–H and O–H groups in total. The van der Waals surface area contributed by atoms with Crippen molar-refractivity contribution in [1.29, 1.82) is 0 Å². The van der Waals surface area contributed by atoms with Crippen molar-refractivity contribution in [2.24, 2.45) is 5.41 Å². The molecule has 1 atom stereocenters. The second-order valence-electron chi connectivity index (χ2n) is 8.80. The highest BCUT2D eigenvalue weighted by Crippen LogP contribution is 2.50. The molecule has 2 aromatic heterocycles. The largest absolute Gasteiger partial charge is 0.490 e. The molecule has 218 valence electrons. The van der Waals surface area contributed by atoms with Crippen LogP contribution in [0.1, 0.15) is 24.4 Å². The number of anilines is 1. The van der Waals surface area contributed by atoms with Crippen LogP contribution in [0.15, 0.2) is 35.1 Å². The summed E-state index contributed by atoms with van der Waals surface area (Å²) in [7, 11) is 0. The zero-order valence-electron chi connectivity index (χ0n) is 20.3. The minimum absolute atomic E-state index is 0.110. The van der Waals surface area contributed by atoms with Gasteiger partial charge in [0.15, 0.2) is 0 Å². The number of nitrogens with zero attached hydrogens (tertiary/aromatic N) is 4. The van der Waals surface area contributed by atoms with Crippen molar-refractivity contribution in [3.8, 4) is 0 Å². The van der Waals surface area contributed by atoms with Gasteiger partial charge in [-0.05, 0) is 25.5 Å². The molecule has 0 amide bonds. The third-order valence-corrected chi connectivity index (χ3v) is 5.93. The molecule has 1 unspecified atom stereocenters. The molecule has 2 fully saturated rings. The Morgan fingerprint density at radius 3 is 2.03 bits per heavy atom. The molecule has 9 nitrogen and oxygen atoms in total. The second-order valence-corrected chi connectivity index (χ2v) is 8.80.